The van der Waals surface area contributed by atoms with Crippen LogP contribution in [0.3, 0.4) is 0 Å². The molecule has 0 amide bonds. The van der Waals surface area contributed by atoms with E-state index in [2.05, 4.69) is 16.2 Å². The van der Waals surface area contributed by atoms with Crippen molar-refractivity contribution < 1.29 is 0 Å². The second-order valence-corrected chi connectivity index (χ2v) is 4.92. The zero-order chi connectivity index (χ0) is 4.57. The molecule has 0 saturated carbocycles. The van der Waals surface area contributed by atoms with Crippen LogP contribution in [0.15, 0.2) is 10.4 Å². The van der Waals surface area contributed by atoms with E-state index in [0.717, 1.165) is 0 Å². The molecule has 1 unspecified atom stereocenters. The van der Waals surface area contributed by atoms with Crippen LogP contribution in [-0.2, 0) is 0 Å². The van der Waals surface area contributed by atoms with Crippen molar-refractivity contribution in [3.8, 4) is 0 Å². The SMILES string of the molecule is CC(P)=C1P=P1. The highest BCUT2D eigenvalue weighted by Crippen LogP contribution is 2.55. The Bertz CT molecular complexity index is 110. The Morgan fingerprint density at radius 2 is 2.17 bits per heavy atom. The highest BCUT2D eigenvalue weighted by Gasteiger charge is 2.01. The molecule has 1 aliphatic rings. The van der Waals surface area contributed by atoms with E-state index in [1.165, 1.54) is 21.0 Å². The monoisotopic (exact) mass is 134 g/mol. The van der Waals surface area contributed by atoms with E-state index in [0.29, 0.717) is 0 Å². The van der Waals surface area contributed by atoms with Crippen LogP contribution < -0.4 is 0 Å². The zero-order valence-electron chi connectivity index (χ0n) is 3.47. The summed E-state index contributed by atoms with van der Waals surface area (Å²) in [5, 5.41) is 3.01. The van der Waals surface area contributed by atoms with Crippen LogP contribution in [0.25, 0.3) is 0 Å². The van der Waals surface area contributed by atoms with E-state index >= 15 is 0 Å². The van der Waals surface area contributed by atoms with Gasteiger partial charge in [0.25, 0.3) is 0 Å². The molecule has 6 heavy (non-hydrogen) atoms. The summed E-state index contributed by atoms with van der Waals surface area (Å²) in [5.74, 6) is 0. The highest BCUT2D eigenvalue weighted by molar-refractivity contribution is 8.08. The van der Waals surface area contributed by atoms with Crippen molar-refractivity contribution in [2.24, 2.45) is 0 Å². The summed E-state index contributed by atoms with van der Waals surface area (Å²) in [7, 11) is 5.74. The van der Waals surface area contributed by atoms with Gasteiger partial charge in [-0.3, -0.25) is 0 Å². The fourth-order valence-electron chi connectivity index (χ4n) is 0.183. The summed E-state index contributed by atoms with van der Waals surface area (Å²) >= 11 is 0. The topological polar surface area (TPSA) is 0 Å². The lowest BCUT2D eigenvalue weighted by atomic mass is 10.7. The Labute approximate surface area is 43.0 Å². The van der Waals surface area contributed by atoms with E-state index in [-0.39, 0.29) is 0 Å². The first-order valence-corrected chi connectivity index (χ1v) is 4.76. The molecule has 0 saturated heterocycles. The minimum absolute atomic E-state index is 1.43. The lowest BCUT2D eigenvalue weighted by molar-refractivity contribution is 1.71. The van der Waals surface area contributed by atoms with Crippen LogP contribution in [0.4, 0.5) is 0 Å². The number of allylic oxidation sites excluding steroid dienone is 1. The fraction of sp³-hybridized carbons (Fsp3) is 0.333. The van der Waals surface area contributed by atoms with Crippen LogP contribution in [-0.4, -0.2) is 0 Å². The summed E-state index contributed by atoms with van der Waals surface area (Å²) in [4.78, 5) is 0. The van der Waals surface area contributed by atoms with Gasteiger partial charge in [0.1, 0.15) is 0 Å². The molecule has 0 spiro atoms. The maximum Gasteiger partial charge on any atom is 0.0411 e. The van der Waals surface area contributed by atoms with Gasteiger partial charge in [-0.25, -0.2) is 0 Å². The van der Waals surface area contributed by atoms with Crippen molar-refractivity contribution in [3.63, 3.8) is 0 Å². The quantitative estimate of drug-likeness (QED) is 0.447. The Balaban J connectivity index is 2.66. The van der Waals surface area contributed by atoms with Gasteiger partial charge in [0.2, 0.25) is 0 Å². The molecule has 3 heteroatoms. The lowest BCUT2D eigenvalue weighted by Gasteiger charge is -1.75. The van der Waals surface area contributed by atoms with Crippen molar-refractivity contribution in [3.05, 3.63) is 10.4 Å². The predicted molar refractivity (Wildman–Crippen MR) is 36.3 cm³/mol. The largest absolute Gasteiger partial charge is 0.109 e. The molecule has 0 aromatic heterocycles. The van der Waals surface area contributed by atoms with E-state index < -0.39 is 0 Å². The smallest absolute Gasteiger partial charge is 0.0411 e. The number of hydrogen-bond acceptors (Lipinski definition) is 0. The summed E-state index contributed by atoms with van der Waals surface area (Å²) in [6, 6.07) is 0. The summed E-state index contributed by atoms with van der Waals surface area (Å²) in [6.07, 6.45) is 0. The minimum atomic E-state index is 1.43. The lowest BCUT2D eigenvalue weighted by Crippen LogP contribution is -1.44. The first-order valence-electron chi connectivity index (χ1n) is 1.69. The van der Waals surface area contributed by atoms with Gasteiger partial charge in [-0.2, -0.15) is 0 Å². The number of hydrogen-bond donors (Lipinski definition) is 0. The van der Waals surface area contributed by atoms with Gasteiger partial charge in [0.15, 0.2) is 0 Å². The third-order valence-corrected chi connectivity index (χ3v) is 3.63. The molecule has 0 fully saturated rings. The van der Waals surface area contributed by atoms with Crippen molar-refractivity contribution in [1.82, 2.24) is 0 Å². The van der Waals surface area contributed by atoms with E-state index in [1.807, 2.05) is 0 Å². The maximum atomic E-state index is 2.70. The Morgan fingerprint density at radius 1 is 1.67 bits per heavy atom. The Hall–Kier alpha value is 0.770. The van der Waals surface area contributed by atoms with Crippen LogP contribution in [0, 0.1) is 0 Å². The van der Waals surface area contributed by atoms with Crippen molar-refractivity contribution >= 4 is 25.0 Å². The third-order valence-electron chi connectivity index (χ3n) is 0.553. The standard InChI is InChI=1S/C3H5P3/c1-2(4)3-5-6-3/h4H2,1H3. The molecular formula is C3H5P3. The predicted octanol–water partition coefficient (Wildman–Crippen LogP) is 2.87. The van der Waals surface area contributed by atoms with Crippen LogP contribution in [0.1, 0.15) is 6.92 Å². The van der Waals surface area contributed by atoms with Crippen LogP contribution in [0.2, 0.25) is 0 Å². The molecule has 1 heterocycles. The molecule has 0 aliphatic carbocycles. The summed E-state index contributed by atoms with van der Waals surface area (Å²) in [6.45, 7) is 2.13. The van der Waals surface area contributed by atoms with Gasteiger partial charge in [-0.1, -0.05) is 0 Å². The van der Waals surface area contributed by atoms with Gasteiger partial charge in [0, 0.05) is 5.06 Å². The molecule has 0 nitrogen and oxygen atoms in total. The summed E-state index contributed by atoms with van der Waals surface area (Å²) < 4.78 is 0. The average molecular weight is 134 g/mol. The molecule has 0 aromatic carbocycles. The Morgan fingerprint density at radius 3 is 2.17 bits per heavy atom. The highest BCUT2D eigenvalue weighted by atomic mass is 31.8. The van der Waals surface area contributed by atoms with Crippen LogP contribution in [0.5, 0.6) is 0 Å². The average Bonchev–Trinajstić information content (AvgIpc) is 2.06. The number of rotatable bonds is 0. The normalized spacial score (nSPS) is 20.7. The molecule has 1 rings (SSSR count). The second-order valence-electron chi connectivity index (χ2n) is 1.21. The molecular weight excluding hydrogens is 129 g/mol. The first-order chi connectivity index (χ1) is 2.80. The zero-order valence-corrected chi connectivity index (χ0v) is 6.42. The van der Waals surface area contributed by atoms with E-state index in [1.54, 1.807) is 5.06 Å². The molecule has 0 aromatic rings. The van der Waals surface area contributed by atoms with Gasteiger partial charge in [0.05, 0.1) is 0 Å². The van der Waals surface area contributed by atoms with Gasteiger partial charge >= 0.3 is 0 Å². The molecule has 0 radical (unpaired) electrons. The molecule has 1 atom stereocenters. The molecule has 32 valence electrons. The van der Waals surface area contributed by atoms with Gasteiger partial charge in [-0.15, -0.1) is 9.24 Å². The molecule has 1 aliphatic heterocycles. The van der Waals surface area contributed by atoms with Gasteiger partial charge < -0.3 is 0 Å². The van der Waals surface area contributed by atoms with E-state index in [4.69, 9.17) is 0 Å². The van der Waals surface area contributed by atoms with Crippen molar-refractivity contribution in [2.75, 3.05) is 0 Å². The molecule has 0 N–H and O–H groups in total. The Kier molecular flexibility index (Phi) is 1.40. The van der Waals surface area contributed by atoms with Crippen molar-refractivity contribution in [1.29, 1.82) is 0 Å². The van der Waals surface area contributed by atoms with Crippen molar-refractivity contribution in [2.45, 2.75) is 6.92 Å². The maximum absolute atomic E-state index is 2.70. The fourth-order valence-corrected chi connectivity index (χ4v) is 2.68. The third kappa shape index (κ3) is 1.12. The van der Waals surface area contributed by atoms with E-state index in [9.17, 15) is 0 Å². The minimum Gasteiger partial charge on any atom is -0.109 e. The van der Waals surface area contributed by atoms with Gasteiger partial charge in [-0.05, 0) is 28.0 Å². The first kappa shape index (κ1) is 4.92. The van der Waals surface area contributed by atoms with Crippen LogP contribution >= 0.6 is 25.0 Å². The molecule has 0 bridgehead atoms. The summed E-state index contributed by atoms with van der Waals surface area (Å²) in [5.41, 5.74) is 0. The second kappa shape index (κ2) is 1.71.